The summed E-state index contributed by atoms with van der Waals surface area (Å²) in [6.07, 6.45) is 0. The second kappa shape index (κ2) is 4.32. The van der Waals surface area contributed by atoms with Gasteiger partial charge in [-0.3, -0.25) is 4.79 Å². The Balaban J connectivity index is 3.45. The van der Waals surface area contributed by atoms with Crippen LogP contribution in [0.2, 0.25) is 0 Å². The molecule has 0 aliphatic rings. The number of carbonyl (C=O) groups is 1. The Morgan fingerprint density at radius 3 is 2.44 bits per heavy atom. The van der Waals surface area contributed by atoms with Crippen molar-refractivity contribution in [2.24, 2.45) is 5.92 Å². The molecule has 0 aromatic heterocycles. The quantitative estimate of drug-likeness (QED) is 0.545. The lowest BCUT2D eigenvalue weighted by molar-refractivity contribution is -0.123. The summed E-state index contributed by atoms with van der Waals surface area (Å²) in [5, 5.41) is 5.49. The van der Waals surface area contributed by atoms with Gasteiger partial charge in [0.25, 0.3) is 0 Å². The zero-order valence-corrected chi connectivity index (χ0v) is 6.19. The third-order valence-electron chi connectivity index (χ3n) is 1.20. The zero-order valence-electron chi connectivity index (χ0n) is 6.19. The molecule has 0 radical (unpaired) electrons. The second-order valence-corrected chi connectivity index (χ2v) is 2.07. The van der Waals surface area contributed by atoms with E-state index in [0.717, 1.165) is 6.54 Å². The minimum atomic E-state index is 0.0694. The van der Waals surface area contributed by atoms with E-state index in [1.54, 1.807) is 7.05 Å². The van der Waals surface area contributed by atoms with Crippen molar-refractivity contribution in [3.05, 3.63) is 0 Å². The Morgan fingerprint density at radius 2 is 2.11 bits per heavy atom. The van der Waals surface area contributed by atoms with Gasteiger partial charge >= 0.3 is 0 Å². The summed E-state index contributed by atoms with van der Waals surface area (Å²) in [6.45, 7) is 2.62. The zero-order chi connectivity index (χ0) is 7.28. The second-order valence-electron chi connectivity index (χ2n) is 2.07. The summed E-state index contributed by atoms with van der Waals surface area (Å²) in [5.41, 5.74) is 0. The van der Waals surface area contributed by atoms with Crippen molar-refractivity contribution in [2.75, 3.05) is 20.6 Å². The average Bonchev–Trinajstić information content (AvgIpc) is 1.87. The molecule has 54 valence electrons. The fourth-order valence-electron chi connectivity index (χ4n) is 0.645. The van der Waals surface area contributed by atoms with Crippen molar-refractivity contribution < 1.29 is 4.79 Å². The fourth-order valence-corrected chi connectivity index (χ4v) is 0.645. The number of carbonyl (C=O) groups excluding carboxylic acids is 1. The van der Waals surface area contributed by atoms with Gasteiger partial charge in [0.05, 0.1) is 0 Å². The SMILES string of the molecule is CNC[C@@H](C)C(=O)NC. The summed E-state index contributed by atoms with van der Waals surface area (Å²) < 4.78 is 0. The summed E-state index contributed by atoms with van der Waals surface area (Å²) >= 11 is 0. The van der Waals surface area contributed by atoms with E-state index >= 15 is 0 Å². The number of rotatable bonds is 3. The molecular weight excluding hydrogens is 116 g/mol. The van der Waals surface area contributed by atoms with Crippen LogP contribution in [-0.2, 0) is 4.79 Å². The Labute approximate surface area is 55.8 Å². The van der Waals surface area contributed by atoms with Crippen LogP contribution in [0.25, 0.3) is 0 Å². The third kappa shape index (κ3) is 3.08. The highest BCUT2D eigenvalue weighted by molar-refractivity contribution is 5.78. The Hall–Kier alpha value is -0.570. The molecule has 9 heavy (non-hydrogen) atoms. The van der Waals surface area contributed by atoms with Gasteiger partial charge in [0.15, 0.2) is 0 Å². The summed E-state index contributed by atoms with van der Waals surface area (Å²) in [6, 6.07) is 0. The van der Waals surface area contributed by atoms with Gasteiger partial charge in [-0.15, -0.1) is 0 Å². The maximum absolute atomic E-state index is 10.8. The van der Waals surface area contributed by atoms with Gasteiger partial charge in [-0.25, -0.2) is 0 Å². The summed E-state index contributed by atoms with van der Waals surface area (Å²) in [5.74, 6) is 0.157. The predicted molar refractivity (Wildman–Crippen MR) is 37.2 cm³/mol. The molecule has 3 heteroatoms. The Kier molecular flexibility index (Phi) is 4.05. The number of amides is 1. The molecule has 2 N–H and O–H groups in total. The van der Waals surface area contributed by atoms with Crippen LogP contribution in [0.1, 0.15) is 6.92 Å². The number of nitrogens with one attached hydrogen (secondary N) is 2. The first-order valence-electron chi connectivity index (χ1n) is 3.08. The van der Waals surface area contributed by atoms with Crippen LogP contribution < -0.4 is 10.6 Å². The molecule has 0 saturated carbocycles. The molecule has 0 bridgehead atoms. The standard InChI is InChI=1S/C6H14N2O/c1-5(4-7-2)6(9)8-3/h5,7H,4H2,1-3H3,(H,8,9)/t5-/m1/s1. The minimum Gasteiger partial charge on any atom is -0.359 e. The molecule has 1 atom stereocenters. The van der Waals surface area contributed by atoms with E-state index in [1.807, 2.05) is 14.0 Å². The van der Waals surface area contributed by atoms with Crippen LogP contribution in [0.3, 0.4) is 0 Å². The summed E-state index contributed by atoms with van der Waals surface area (Å²) in [7, 11) is 3.48. The maximum atomic E-state index is 10.8. The third-order valence-corrected chi connectivity index (χ3v) is 1.20. The van der Waals surface area contributed by atoms with Gasteiger partial charge < -0.3 is 10.6 Å². The van der Waals surface area contributed by atoms with Crippen LogP contribution in [0.5, 0.6) is 0 Å². The van der Waals surface area contributed by atoms with E-state index in [9.17, 15) is 4.79 Å². The molecule has 0 fully saturated rings. The fraction of sp³-hybridized carbons (Fsp3) is 0.833. The van der Waals surface area contributed by atoms with E-state index in [0.29, 0.717) is 0 Å². The molecule has 0 unspecified atom stereocenters. The first kappa shape index (κ1) is 8.43. The van der Waals surface area contributed by atoms with Crippen molar-refractivity contribution >= 4 is 5.91 Å². The minimum absolute atomic E-state index is 0.0694. The highest BCUT2D eigenvalue weighted by Crippen LogP contribution is 1.89. The topological polar surface area (TPSA) is 41.1 Å². The van der Waals surface area contributed by atoms with Gasteiger partial charge in [0.2, 0.25) is 5.91 Å². The lowest BCUT2D eigenvalue weighted by atomic mass is 10.2. The first-order chi connectivity index (χ1) is 4.22. The molecule has 1 amide bonds. The van der Waals surface area contributed by atoms with Gasteiger partial charge in [0, 0.05) is 19.5 Å². The Morgan fingerprint density at radius 1 is 1.56 bits per heavy atom. The molecule has 0 rings (SSSR count). The maximum Gasteiger partial charge on any atom is 0.223 e. The van der Waals surface area contributed by atoms with E-state index in [1.165, 1.54) is 0 Å². The van der Waals surface area contributed by atoms with Gasteiger partial charge in [-0.1, -0.05) is 6.92 Å². The number of hydrogen-bond donors (Lipinski definition) is 2. The average molecular weight is 130 g/mol. The van der Waals surface area contributed by atoms with Crippen molar-refractivity contribution in [3.63, 3.8) is 0 Å². The Bertz CT molecular complexity index is 93.1. The van der Waals surface area contributed by atoms with Gasteiger partial charge in [-0.2, -0.15) is 0 Å². The van der Waals surface area contributed by atoms with Crippen molar-refractivity contribution in [3.8, 4) is 0 Å². The van der Waals surface area contributed by atoms with Crippen LogP contribution in [-0.4, -0.2) is 26.5 Å². The smallest absolute Gasteiger partial charge is 0.223 e. The monoisotopic (exact) mass is 130 g/mol. The van der Waals surface area contributed by atoms with Crippen LogP contribution >= 0.6 is 0 Å². The van der Waals surface area contributed by atoms with Crippen LogP contribution in [0.4, 0.5) is 0 Å². The highest BCUT2D eigenvalue weighted by atomic mass is 16.1. The van der Waals surface area contributed by atoms with E-state index in [2.05, 4.69) is 10.6 Å². The molecule has 0 spiro atoms. The van der Waals surface area contributed by atoms with Crippen molar-refractivity contribution in [1.29, 1.82) is 0 Å². The number of hydrogen-bond acceptors (Lipinski definition) is 2. The molecule has 0 aliphatic carbocycles. The lowest BCUT2D eigenvalue weighted by Crippen LogP contribution is -2.31. The normalized spacial score (nSPS) is 12.8. The predicted octanol–water partition coefficient (Wildman–Crippen LogP) is -0.412. The molecule has 3 nitrogen and oxygen atoms in total. The molecule has 0 aliphatic heterocycles. The largest absolute Gasteiger partial charge is 0.359 e. The molecule has 0 aromatic rings. The van der Waals surface area contributed by atoms with Crippen LogP contribution in [0, 0.1) is 5.92 Å². The summed E-state index contributed by atoms with van der Waals surface area (Å²) in [4.78, 5) is 10.8. The molecule has 0 heterocycles. The highest BCUT2D eigenvalue weighted by Gasteiger charge is 2.07. The lowest BCUT2D eigenvalue weighted by Gasteiger charge is -2.07. The first-order valence-corrected chi connectivity index (χ1v) is 3.08. The van der Waals surface area contributed by atoms with Crippen molar-refractivity contribution in [1.82, 2.24) is 10.6 Å². The van der Waals surface area contributed by atoms with Gasteiger partial charge in [0.1, 0.15) is 0 Å². The van der Waals surface area contributed by atoms with Crippen molar-refractivity contribution in [2.45, 2.75) is 6.92 Å². The van der Waals surface area contributed by atoms with Gasteiger partial charge in [-0.05, 0) is 7.05 Å². The molecular formula is C6H14N2O. The molecule has 0 aromatic carbocycles. The van der Waals surface area contributed by atoms with E-state index in [-0.39, 0.29) is 11.8 Å². The molecule has 0 saturated heterocycles. The van der Waals surface area contributed by atoms with E-state index in [4.69, 9.17) is 0 Å². The van der Waals surface area contributed by atoms with Crippen LogP contribution in [0.15, 0.2) is 0 Å². The van der Waals surface area contributed by atoms with E-state index < -0.39 is 0 Å².